The second-order valence-electron chi connectivity index (χ2n) is 6.97. The Morgan fingerprint density at radius 3 is 2.30 bits per heavy atom. The minimum Gasteiger partial charge on any atom is -0.459 e. The Balaban J connectivity index is 1.51. The van der Waals surface area contributed by atoms with Gasteiger partial charge in [-0.15, -0.1) is 0 Å². The summed E-state index contributed by atoms with van der Waals surface area (Å²) < 4.78 is 5.15. The minimum absolute atomic E-state index is 0.117. The minimum atomic E-state index is -0.146. The van der Waals surface area contributed by atoms with E-state index in [4.69, 9.17) is 4.42 Å². The molecule has 3 heterocycles. The molecule has 8 nitrogen and oxygen atoms in total. The maximum absolute atomic E-state index is 12.6. The van der Waals surface area contributed by atoms with E-state index in [1.54, 1.807) is 34.3 Å². The van der Waals surface area contributed by atoms with Crippen LogP contribution < -0.4 is 5.32 Å². The van der Waals surface area contributed by atoms with Gasteiger partial charge in [-0.1, -0.05) is 13.8 Å². The molecule has 27 heavy (non-hydrogen) atoms. The van der Waals surface area contributed by atoms with Crippen LogP contribution in [0, 0.1) is 5.92 Å². The Morgan fingerprint density at radius 1 is 1.11 bits per heavy atom. The van der Waals surface area contributed by atoms with Crippen molar-refractivity contribution in [3.05, 3.63) is 42.1 Å². The van der Waals surface area contributed by atoms with Gasteiger partial charge in [0.2, 0.25) is 5.95 Å². The van der Waals surface area contributed by atoms with Gasteiger partial charge in [0.25, 0.3) is 11.8 Å². The van der Waals surface area contributed by atoms with Gasteiger partial charge in [-0.25, -0.2) is 9.97 Å². The molecule has 2 aromatic rings. The molecule has 0 radical (unpaired) electrons. The van der Waals surface area contributed by atoms with Gasteiger partial charge in [0.15, 0.2) is 5.76 Å². The van der Waals surface area contributed by atoms with E-state index >= 15 is 0 Å². The van der Waals surface area contributed by atoms with Gasteiger partial charge in [0.05, 0.1) is 11.8 Å². The van der Waals surface area contributed by atoms with E-state index in [1.165, 1.54) is 6.26 Å². The quantitative estimate of drug-likeness (QED) is 0.836. The fraction of sp³-hybridized carbons (Fsp3) is 0.474. The average Bonchev–Trinajstić information content (AvgIpc) is 3.22. The van der Waals surface area contributed by atoms with Crippen molar-refractivity contribution in [2.75, 3.05) is 38.0 Å². The summed E-state index contributed by atoms with van der Waals surface area (Å²) in [5, 5.41) is 3.15. The van der Waals surface area contributed by atoms with Crippen LogP contribution in [-0.4, -0.2) is 64.3 Å². The summed E-state index contributed by atoms with van der Waals surface area (Å²) in [4.78, 5) is 36.8. The van der Waals surface area contributed by atoms with Gasteiger partial charge in [-0.3, -0.25) is 9.59 Å². The van der Waals surface area contributed by atoms with E-state index in [0.717, 1.165) is 13.0 Å². The lowest BCUT2D eigenvalue weighted by atomic mass is 10.1. The van der Waals surface area contributed by atoms with Crippen LogP contribution in [0.3, 0.4) is 0 Å². The highest BCUT2D eigenvalue weighted by Crippen LogP contribution is 2.12. The SMILES string of the molecule is CC(C)CCNc1ncc(C(=O)N2CCN(C(=O)c3ccco3)CC2)cn1. The molecule has 0 saturated carbocycles. The lowest BCUT2D eigenvalue weighted by Gasteiger charge is -2.34. The molecule has 1 aliphatic heterocycles. The van der Waals surface area contributed by atoms with Crippen molar-refractivity contribution >= 4 is 17.8 Å². The summed E-state index contributed by atoms with van der Waals surface area (Å²) in [6, 6.07) is 3.34. The monoisotopic (exact) mass is 371 g/mol. The number of nitrogens with one attached hydrogen (secondary N) is 1. The molecular weight excluding hydrogens is 346 g/mol. The average molecular weight is 371 g/mol. The Hall–Kier alpha value is -2.90. The zero-order chi connectivity index (χ0) is 19.2. The number of nitrogens with zero attached hydrogens (tertiary/aromatic N) is 4. The van der Waals surface area contributed by atoms with Crippen molar-refractivity contribution in [1.82, 2.24) is 19.8 Å². The van der Waals surface area contributed by atoms with Gasteiger partial charge in [-0.05, 0) is 24.5 Å². The summed E-state index contributed by atoms with van der Waals surface area (Å²) in [5.41, 5.74) is 0.454. The van der Waals surface area contributed by atoms with Crippen molar-refractivity contribution in [3.8, 4) is 0 Å². The Labute approximate surface area is 158 Å². The fourth-order valence-electron chi connectivity index (χ4n) is 2.85. The molecule has 144 valence electrons. The Kier molecular flexibility index (Phi) is 6.05. The van der Waals surface area contributed by atoms with Crippen molar-refractivity contribution in [2.24, 2.45) is 5.92 Å². The predicted octanol–water partition coefficient (Wildman–Crippen LogP) is 2.13. The van der Waals surface area contributed by atoms with E-state index in [1.807, 2.05) is 0 Å². The number of furan rings is 1. The number of amides is 2. The number of piperazine rings is 1. The summed E-state index contributed by atoms with van der Waals surface area (Å²) in [5.74, 6) is 1.20. The number of anilines is 1. The largest absolute Gasteiger partial charge is 0.459 e. The maximum Gasteiger partial charge on any atom is 0.289 e. The van der Waals surface area contributed by atoms with E-state index in [-0.39, 0.29) is 11.8 Å². The zero-order valence-electron chi connectivity index (χ0n) is 15.7. The van der Waals surface area contributed by atoms with Gasteiger partial charge in [0.1, 0.15) is 0 Å². The van der Waals surface area contributed by atoms with Crippen LogP contribution in [0.25, 0.3) is 0 Å². The van der Waals surface area contributed by atoms with Crippen molar-refractivity contribution in [2.45, 2.75) is 20.3 Å². The van der Waals surface area contributed by atoms with Crippen LogP contribution in [-0.2, 0) is 0 Å². The number of aromatic nitrogens is 2. The third-order valence-electron chi connectivity index (χ3n) is 4.49. The predicted molar refractivity (Wildman–Crippen MR) is 100 cm³/mol. The number of hydrogen-bond acceptors (Lipinski definition) is 6. The van der Waals surface area contributed by atoms with Crippen LogP contribution in [0.5, 0.6) is 0 Å². The van der Waals surface area contributed by atoms with Crippen LogP contribution in [0.15, 0.2) is 35.2 Å². The lowest BCUT2D eigenvalue weighted by Crippen LogP contribution is -2.50. The second kappa shape index (κ2) is 8.66. The number of carbonyl (C=O) groups excluding carboxylic acids is 2. The molecule has 2 aromatic heterocycles. The molecule has 3 rings (SSSR count). The highest BCUT2D eigenvalue weighted by Gasteiger charge is 2.26. The van der Waals surface area contributed by atoms with Crippen molar-refractivity contribution < 1.29 is 14.0 Å². The molecule has 0 aliphatic carbocycles. The highest BCUT2D eigenvalue weighted by molar-refractivity contribution is 5.94. The van der Waals surface area contributed by atoms with Gasteiger partial charge in [0, 0.05) is 45.1 Å². The van der Waals surface area contributed by atoms with Crippen molar-refractivity contribution in [1.29, 1.82) is 0 Å². The zero-order valence-corrected chi connectivity index (χ0v) is 15.7. The first kappa shape index (κ1) is 18.9. The van der Waals surface area contributed by atoms with Crippen LogP contribution in [0.4, 0.5) is 5.95 Å². The van der Waals surface area contributed by atoms with E-state index in [9.17, 15) is 9.59 Å². The first-order valence-corrected chi connectivity index (χ1v) is 9.22. The van der Waals surface area contributed by atoms with Gasteiger partial charge < -0.3 is 19.5 Å². The fourth-order valence-corrected chi connectivity index (χ4v) is 2.85. The van der Waals surface area contributed by atoms with E-state index in [2.05, 4.69) is 29.1 Å². The van der Waals surface area contributed by atoms with Crippen LogP contribution >= 0.6 is 0 Å². The molecule has 0 unspecified atom stereocenters. The molecule has 1 fully saturated rings. The highest BCUT2D eigenvalue weighted by atomic mass is 16.3. The lowest BCUT2D eigenvalue weighted by molar-refractivity contribution is 0.0517. The molecule has 0 spiro atoms. The van der Waals surface area contributed by atoms with E-state index in [0.29, 0.717) is 49.4 Å². The first-order valence-electron chi connectivity index (χ1n) is 9.22. The normalized spacial score (nSPS) is 14.5. The molecular formula is C19H25N5O3. The molecule has 1 aliphatic rings. The van der Waals surface area contributed by atoms with Crippen LogP contribution in [0.1, 0.15) is 41.2 Å². The molecule has 0 aromatic carbocycles. The third kappa shape index (κ3) is 4.84. The van der Waals surface area contributed by atoms with Crippen LogP contribution in [0.2, 0.25) is 0 Å². The summed E-state index contributed by atoms with van der Waals surface area (Å²) in [7, 11) is 0. The molecule has 0 bridgehead atoms. The third-order valence-corrected chi connectivity index (χ3v) is 4.49. The van der Waals surface area contributed by atoms with Crippen molar-refractivity contribution in [3.63, 3.8) is 0 Å². The maximum atomic E-state index is 12.6. The topological polar surface area (TPSA) is 91.6 Å². The molecule has 1 saturated heterocycles. The Morgan fingerprint density at radius 2 is 1.74 bits per heavy atom. The van der Waals surface area contributed by atoms with Gasteiger partial charge >= 0.3 is 0 Å². The molecule has 1 N–H and O–H groups in total. The second-order valence-corrected chi connectivity index (χ2v) is 6.97. The smallest absolute Gasteiger partial charge is 0.289 e. The van der Waals surface area contributed by atoms with E-state index < -0.39 is 0 Å². The van der Waals surface area contributed by atoms with Gasteiger partial charge in [-0.2, -0.15) is 0 Å². The first-order chi connectivity index (χ1) is 13.0. The molecule has 2 amide bonds. The summed E-state index contributed by atoms with van der Waals surface area (Å²) >= 11 is 0. The molecule has 0 atom stereocenters. The number of hydrogen-bond donors (Lipinski definition) is 1. The summed E-state index contributed by atoms with van der Waals surface area (Å²) in [6.45, 7) is 7.01. The number of rotatable bonds is 6. The summed E-state index contributed by atoms with van der Waals surface area (Å²) in [6.07, 6.45) is 5.61. The number of carbonyl (C=O) groups is 2. The standard InChI is InChI=1S/C19H25N5O3/c1-14(2)5-6-20-19-21-12-15(13-22-19)17(25)23-7-9-24(10-8-23)18(26)16-4-3-11-27-16/h3-4,11-14H,5-10H2,1-2H3,(H,20,21,22). The Bertz CT molecular complexity index is 750. The molecule has 8 heteroatoms.